The van der Waals surface area contributed by atoms with Crippen LogP contribution in [0.15, 0.2) is 79.1 Å². The Kier molecular flexibility index (Phi) is 17.1. The molecule has 2 aromatic heterocycles. The topological polar surface area (TPSA) is 133 Å². The van der Waals surface area contributed by atoms with Crippen LogP contribution in [0.25, 0.3) is 11.2 Å². The predicted octanol–water partition coefficient (Wildman–Crippen LogP) is 8.53. The maximum atomic E-state index is 13.7. The number of aromatic nitrogens is 4. The van der Waals surface area contributed by atoms with Crippen molar-refractivity contribution in [2.75, 3.05) is 61.8 Å². The van der Waals surface area contributed by atoms with E-state index in [2.05, 4.69) is 15.0 Å². The van der Waals surface area contributed by atoms with E-state index in [1.54, 1.807) is 49.5 Å². The second-order valence-corrected chi connectivity index (χ2v) is 18.3. The fourth-order valence-electron chi connectivity index (χ4n) is 4.84. The van der Waals surface area contributed by atoms with Gasteiger partial charge in [-0.25, -0.2) is 9.55 Å². The fraction of sp³-hybridized carbons (Fsp3) is 0.424. The molecule has 0 saturated heterocycles. The Morgan fingerprint density at radius 1 is 0.780 bits per heavy atom. The number of imidazole rings is 1. The molecule has 2 N–H and O–H groups in total. The summed E-state index contributed by atoms with van der Waals surface area (Å²) < 4.78 is 44.6. The number of ether oxygens (including phenoxy) is 2. The van der Waals surface area contributed by atoms with Gasteiger partial charge in [0, 0.05) is 28.9 Å². The molecule has 0 bridgehead atoms. The summed E-state index contributed by atoms with van der Waals surface area (Å²) in [6.07, 6.45) is 6.44. The van der Waals surface area contributed by atoms with Gasteiger partial charge in [-0.3, -0.25) is 13.6 Å². The van der Waals surface area contributed by atoms with Crippen molar-refractivity contribution in [2.24, 2.45) is 5.92 Å². The van der Waals surface area contributed by atoms with Gasteiger partial charge in [0.05, 0.1) is 58.6 Å². The molecule has 0 amide bonds. The Balaban J connectivity index is 1.02. The SMILES string of the molecule is Nc1nc(Cl)c2ncn([C@H]3C=C[C@@H](COP(=O)(OCCSSCCOCc4ccccc4)OCCSSCCOCc4ccccc4)C3)c2n1. The van der Waals surface area contributed by atoms with E-state index < -0.39 is 7.82 Å². The van der Waals surface area contributed by atoms with Crippen molar-refractivity contribution >= 4 is 79.7 Å². The molecule has 0 fully saturated rings. The molecule has 0 aliphatic heterocycles. The minimum Gasteiger partial charge on any atom is -0.376 e. The highest BCUT2D eigenvalue weighted by Crippen LogP contribution is 2.51. The van der Waals surface area contributed by atoms with Crippen LogP contribution in [0.1, 0.15) is 23.6 Å². The Labute approximate surface area is 314 Å². The van der Waals surface area contributed by atoms with E-state index >= 15 is 0 Å². The molecule has 2 heterocycles. The maximum Gasteiger partial charge on any atom is 0.474 e. The van der Waals surface area contributed by atoms with Crippen LogP contribution < -0.4 is 5.73 Å². The van der Waals surface area contributed by atoms with Gasteiger partial charge in [0.25, 0.3) is 0 Å². The molecule has 0 saturated carbocycles. The van der Waals surface area contributed by atoms with Gasteiger partial charge < -0.3 is 19.8 Å². The molecule has 0 unspecified atom stereocenters. The smallest absolute Gasteiger partial charge is 0.376 e. The third-order valence-corrected chi connectivity index (χ3v) is 13.6. The monoisotopic (exact) mass is 797 g/mol. The Hall–Kier alpha value is -1.75. The first kappa shape index (κ1) is 39.5. The van der Waals surface area contributed by atoms with E-state index in [4.69, 9.17) is 40.4 Å². The minimum atomic E-state index is -3.81. The lowest BCUT2D eigenvalue weighted by Gasteiger charge is -2.20. The van der Waals surface area contributed by atoms with Gasteiger partial charge in [0.15, 0.2) is 10.8 Å². The molecule has 2 atom stereocenters. The van der Waals surface area contributed by atoms with Crippen molar-refractivity contribution < 1.29 is 27.6 Å². The van der Waals surface area contributed by atoms with Gasteiger partial charge in [-0.05, 0) is 17.5 Å². The van der Waals surface area contributed by atoms with Gasteiger partial charge in [-0.15, -0.1) is 0 Å². The van der Waals surface area contributed by atoms with E-state index in [1.165, 1.54) is 0 Å². The summed E-state index contributed by atoms with van der Waals surface area (Å²) in [6.45, 7) is 3.11. The summed E-state index contributed by atoms with van der Waals surface area (Å²) in [5, 5.41) is 0.212. The Morgan fingerprint density at radius 2 is 1.34 bits per heavy atom. The number of hydrogen-bond acceptors (Lipinski definition) is 14. The van der Waals surface area contributed by atoms with Crippen LogP contribution in [-0.2, 0) is 40.8 Å². The van der Waals surface area contributed by atoms with Crippen LogP contribution in [0.2, 0.25) is 5.15 Å². The average molecular weight is 798 g/mol. The zero-order valence-electron chi connectivity index (χ0n) is 27.4. The summed E-state index contributed by atoms with van der Waals surface area (Å²) >= 11 is 6.21. The number of phosphoric acid groups is 1. The van der Waals surface area contributed by atoms with Gasteiger partial charge in [-0.1, -0.05) is 128 Å². The number of nitrogens with zero attached hydrogens (tertiary/aromatic N) is 4. The summed E-state index contributed by atoms with van der Waals surface area (Å²) in [5.74, 6) is 2.98. The van der Waals surface area contributed by atoms with E-state index in [0.717, 1.165) is 22.6 Å². The molecule has 0 spiro atoms. The first-order valence-electron chi connectivity index (χ1n) is 16.1. The average Bonchev–Trinajstić information content (AvgIpc) is 3.78. The van der Waals surface area contributed by atoms with Gasteiger partial charge in [0.1, 0.15) is 5.52 Å². The lowest BCUT2D eigenvalue weighted by Crippen LogP contribution is -2.12. The van der Waals surface area contributed by atoms with Gasteiger partial charge in [0.2, 0.25) is 5.95 Å². The number of nitrogen functional groups attached to an aromatic ring is 1. The number of benzene rings is 2. The number of fused-ring (bicyclic) bond motifs is 1. The van der Waals surface area contributed by atoms with Crippen molar-refractivity contribution in [1.29, 1.82) is 0 Å². The molecular formula is C33H41ClN5O6PS4. The van der Waals surface area contributed by atoms with Crippen LogP contribution in [0, 0.1) is 5.92 Å². The summed E-state index contributed by atoms with van der Waals surface area (Å²) in [7, 11) is 2.84. The maximum absolute atomic E-state index is 13.7. The standard InChI is InChI=1S/C33H41ClN5O6PS4/c34-31-30-32(38-33(35)37-31)39(25-36-30)29-12-11-28(21-29)24-45-46(40,43-15-19-49-47-17-13-41-22-26-7-3-1-4-8-26)44-16-20-50-48-18-14-42-23-27-9-5-2-6-10-27/h1-12,25,28-29H,13-24H2,(H2,35,37,38)/t28-,29+/m1/s1. The second-order valence-electron chi connectivity index (χ2n) is 10.9. The lowest BCUT2D eigenvalue weighted by atomic mass is 10.1. The molecule has 1 aliphatic carbocycles. The highest BCUT2D eigenvalue weighted by Gasteiger charge is 2.30. The van der Waals surface area contributed by atoms with Crippen LogP contribution in [0.4, 0.5) is 5.95 Å². The molecule has 5 rings (SSSR count). The highest BCUT2D eigenvalue weighted by molar-refractivity contribution is 8.77. The number of rotatable bonds is 24. The van der Waals surface area contributed by atoms with E-state index in [1.807, 2.05) is 77.4 Å². The summed E-state index contributed by atoms with van der Waals surface area (Å²) in [5.41, 5.74) is 9.19. The first-order valence-corrected chi connectivity index (χ1v) is 22.9. The molecule has 1 aliphatic rings. The number of allylic oxidation sites excluding steroid dienone is 1. The quantitative estimate of drug-likeness (QED) is 0.0239. The van der Waals surface area contributed by atoms with Crippen LogP contribution in [-0.4, -0.2) is 75.6 Å². The fourth-order valence-corrected chi connectivity index (χ4v) is 9.91. The Morgan fingerprint density at radius 3 is 1.92 bits per heavy atom. The third-order valence-electron chi connectivity index (χ3n) is 7.19. The Bertz CT molecular complexity index is 1600. The van der Waals surface area contributed by atoms with E-state index in [9.17, 15) is 4.57 Å². The van der Waals surface area contributed by atoms with Crippen molar-refractivity contribution in [3.8, 4) is 0 Å². The molecular weight excluding hydrogens is 757 g/mol. The molecule has 50 heavy (non-hydrogen) atoms. The first-order chi connectivity index (χ1) is 24.5. The van der Waals surface area contributed by atoms with Gasteiger partial charge in [-0.2, -0.15) is 9.97 Å². The lowest BCUT2D eigenvalue weighted by molar-refractivity contribution is 0.113. The van der Waals surface area contributed by atoms with Crippen LogP contribution in [0.3, 0.4) is 0 Å². The van der Waals surface area contributed by atoms with Crippen molar-refractivity contribution in [1.82, 2.24) is 19.5 Å². The van der Waals surface area contributed by atoms with Crippen LogP contribution in [0.5, 0.6) is 0 Å². The molecule has 11 nitrogen and oxygen atoms in total. The zero-order valence-corrected chi connectivity index (χ0v) is 32.3. The largest absolute Gasteiger partial charge is 0.474 e. The number of anilines is 1. The zero-order chi connectivity index (χ0) is 34.9. The van der Waals surface area contributed by atoms with E-state index in [0.29, 0.717) is 55.5 Å². The van der Waals surface area contributed by atoms with Crippen molar-refractivity contribution in [2.45, 2.75) is 25.7 Å². The summed E-state index contributed by atoms with van der Waals surface area (Å²) in [6, 6.07) is 20.2. The van der Waals surface area contributed by atoms with E-state index in [-0.39, 0.29) is 42.9 Å². The molecule has 270 valence electrons. The number of phosphoric ester groups is 1. The van der Waals surface area contributed by atoms with Crippen molar-refractivity contribution in [3.05, 3.63) is 95.4 Å². The number of nitrogens with two attached hydrogens (primary N) is 1. The van der Waals surface area contributed by atoms with Crippen molar-refractivity contribution in [3.63, 3.8) is 0 Å². The predicted molar refractivity (Wildman–Crippen MR) is 209 cm³/mol. The molecule has 4 aromatic rings. The number of hydrogen-bond donors (Lipinski definition) is 1. The highest BCUT2D eigenvalue weighted by atomic mass is 35.5. The normalized spacial score (nSPS) is 16.1. The number of halogens is 1. The molecule has 2 aromatic carbocycles. The summed E-state index contributed by atoms with van der Waals surface area (Å²) in [4.78, 5) is 12.7. The van der Waals surface area contributed by atoms with Crippen LogP contribution >= 0.6 is 62.6 Å². The minimum absolute atomic E-state index is 0.0192. The third kappa shape index (κ3) is 13.3. The van der Waals surface area contributed by atoms with Gasteiger partial charge >= 0.3 is 7.82 Å². The molecule has 0 radical (unpaired) electrons. The molecule has 17 heteroatoms. The second kappa shape index (κ2) is 21.7.